The summed E-state index contributed by atoms with van der Waals surface area (Å²) in [6.45, 7) is -0.517. The number of likely N-dealkylation sites (tertiary alicyclic amines) is 1. The number of amides is 1. The van der Waals surface area contributed by atoms with E-state index >= 15 is 0 Å². The lowest BCUT2D eigenvalue weighted by atomic mass is 10.0. The first-order valence-corrected chi connectivity index (χ1v) is 9.72. The highest BCUT2D eigenvalue weighted by atomic mass is 32.1. The van der Waals surface area contributed by atoms with Crippen LogP contribution in [0.2, 0.25) is 0 Å². The minimum Gasteiger partial charge on any atom is -0.486 e. The fourth-order valence-electron chi connectivity index (χ4n) is 3.22. The van der Waals surface area contributed by atoms with Crippen molar-refractivity contribution in [2.45, 2.75) is 17.9 Å². The Bertz CT molecular complexity index is 1120. The molecular weight excluding hydrogens is 418 g/mol. The molecule has 2 aromatic rings. The smallest absolute Gasteiger partial charge is 0.367 e. The van der Waals surface area contributed by atoms with E-state index in [2.05, 4.69) is 21.6 Å². The molecule has 0 saturated carbocycles. The molecule has 2 aliphatic rings. The maximum absolute atomic E-state index is 14.6. The lowest BCUT2D eigenvalue weighted by molar-refractivity contribution is -0.137. The average molecular weight is 434 g/mol. The van der Waals surface area contributed by atoms with Gasteiger partial charge in [-0.1, -0.05) is 11.8 Å². The predicted octanol–water partition coefficient (Wildman–Crippen LogP) is 2.03. The van der Waals surface area contributed by atoms with Crippen LogP contribution in [0.4, 0.5) is 8.78 Å². The fraction of sp³-hybridized carbons (Fsp3) is 0.350. The zero-order valence-electron chi connectivity index (χ0n) is 16.0. The number of methoxy groups -OCH3 is 1. The third kappa shape index (κ3) is 3.30. The van der Waals surface area contributed by atoms with Gasteiger partial charge in [0.25, 0.3) is 5.91 Å². The van der Waals surface area contributed by atoms with Gasteiger partial charge in [-0.3, -0.25) is 4.79 Å². The number of fused-ring (bicyclic) bond motifs is 3. The summed E-state index contributed by atoms with van der Waals surface area (Å²) in [6.07, 6.45) is 0.175. The molecule has 1 aromatic carbocycles. The van der Waals surface area contributed by atoms with Crippen molar-refractivity contribution in [3.05, 3.63) is 33.6 Å². The highest BCUT2D eigenvalue weighted by molar-refractivity contribution is 7.14. The van der Waals surface area contributed by atoms with Gasteiger partial charge in [0.1, 0.15) is 10.6 Å². The van der Waals surface area contributed by atoms with Gasteiger partial charge in [-0.15, -0.1) is 11.3 Å². The maximum atomic E-state index is 14.6. The molecule has 0 spiro atoms. The van der Waals surface area contributed by atoms with Gasteiger partial charge in [0.05, 0.1) is 12.8 Å². The summed E-state index contributed by atoms with van der Waals surface area (Å²) in [5, 5.41) is 10.2. The first kappa shape index (κ1) is 20.3. The van der Waals surface area contributed by atoms with Crippen molar-refractivity contribution in [3.8, 4) is 28.8 Å². The Balaban J connectivity index is 1.79. The van der Waals surface area contributed by atoms with Gasteiger partial charge in [0.2, 0.25) is 10.6 Å². The number of hydrogen-bond donors (Lipinski definition) is 1. The Morgan fingerprint density at radius 2 is 2.20 bits per heavy atom. The average Bonchev–Trinajstić information content (AvgIpc) is 3.26. The van der Waals surface area contributed by atoms with E-state index in [0.29, 0.717) is 23.4 Å². The Morgan fingerprint density at radius 1 is 1.43 bits per heavy atom. The second-order valence-electron chi connectivity index (χ2n) is 6.98. The highest BCUT2D eigenvalue weighted by Crippen LogP contribution is 2.46. The molecule has 1 aromatic heterocycles. The molecule has 0 radical (unpaired) electrons. The number of nitrogens with zero attached hydrogens (tertiary/aromatic N) is 2. The molecule has 10 heteroatoms. The van der Waals surface area contributed by atoms with Crippen LogP contribution in [0.3, 0.4) is 0 Å². The Kier molecular flexibility index (Phi) is 4.75. The van der Waals surface area contributed by atoms with Crippen molar-refractivity contribution in [1.82, 2.24) is 9.88 Å². The van der Waals surface area contributed by atoms with Crippen molar-refractivity contribution in [1.29, 1.82) is 0 Å². The number of benzene rings is 1. The number of likely N-dealkylation sites (N-methyl/N-ethyl adjacent to an activating group) is 1. The van der Waals surface area contributed by atoms with E-state index in [1.54, 1.807) is 7.05 Å². The van der Waals surface area contributed by atoms with Gasteiger partial charge in [-0.25, -0.2) is 9.78 Å². The van der Waals surface area contributed by atoms with Gasteiger partial charge in [0, 0.05) is 31.1 Å². The second kappa shape index (κ2) is 7.04. The molecule has 4 rings (SSSR count). The molecule has 1 saturated heterocycles. The van der Waals surface area contributed by atoms with Crippen molar-refractivity contribution in [2.24, 2.45) is 0 Å². The molecule has 7 nitrogen and oxygen atoms in total. The van der Waals surface area contributed by atoms with Crippen LogP contribution in [0.5, 0.6) is 5.75 Å². The van der Waals surface area contributed by atoms with E-state index in [-0.39, 0.29) is 28.4 Å². The molecule has 1 amide bonds. The van der Waals surface area contributed by atoms with E-state index in [0.717, 1.165) is 7.11 Å². The van der Waals surface area contributed by atoms with Crippen LogP contribution in [-0.2, 0) is 15.5 Å². The summed E-state index contributed by atoms with van der Waals surface area (Å²) in [5.41, 5.74) is -1.26. The summed E-state index contributed by atoms with van der Waals surface area (Å²) < 4.78 is 39.0. The lowest BCUT2D eigenvalue weighted by Gasteiger charge is -2.13. The molecule has 1 fully saturated rings. The van der Waals surface area contributed by atoms with Crippen LogP contribution in [0.1, 0.15) is 26.7 Å². The van der Waals surface area contributed by atoms with Crippen LogP contribution in [0.25, 0.3) is 11.3 Å². The minimum absolute atomic E-state index is 0.0862. The largest absolute Gasteiger partial charge is 0.486 e. The van der Waals surface area contributed by atoms with Crippen molar-refractivity contribution >= 4 is 23.2 Å². The number of alkyl halides is 2. The van der Waals surface area contributed by atoms with Crippen LogP contribution >= 0.6 is 11.3 Å². The number of carbonyl (C=O) groups is 2. The highest BCUT2D eigenvalue weighted by Gasteiger charge is 2.43. The summed E-state index contributed by atoms with van der Waals surface area (Å²) in [7, 11) is 2.72. The third-order valence-electron chi connectivity index (χ3n) is 4.89. The number of aliphatic hydroxyl groups is 1. The Morgan fingerprint density at radius 3 is 2.87 bits per heavy atom. The van der Waals surface area contributed by atoms with E-state index in [9.17, 15) is 23.5 Å². The number of halogens is 2. The molecule has 0 unspecified atom stereocenters. The minimum atomic E-state index is -3.35. The number of hydrogen-bond acceptors (Lipinski definition) is 7. The molecule has 0 bridgehead atoms. The van der Waals surface area contributed by atoms with E-state index < -0.39 is 34.9 Å². The van der Waals surface area contributed by atoms with Crippen molar-refractivity contribution < 1.29 is 33.0 Å². The molecule has 3 heterocycles. The van der Waals surface area contributed by atoms with Crippen LogP contribution in [0, 0.1) is 11.8 Å². The predicted molar refractivity (Wildman–Crippen MR) is 102 cm³/mol. The summed E-state index contributed by atoms with van der Waals surface area (Å²) in [6, 6.07) is 4.49. The second-order valence-corrected chi connectivity index (χ2v) is 7.98. The quantitative estimate of drug-likeness (QED) is 0.546. The number of carbonyl (C=O) groups excluding carboxylic acids is 2. The monoisotopic (exact) mass is 434 g/mol. The van der Waals surface area contributed by atoms with Crippen molar-refractivity contribution in [2.75, 3.05) is 27.3 Å². The number of thiazole rings is 1. The lowest BCUT2D eigenvalue weighted by Crippen LogP contribution is -2.37. The maximum Gasteiger partial charge on any atom is 0.367 e. The van der Waals surface area contributed by atoms with Gasteiger partial charge >= 0.3 is 11.9 Å². The first-order valence-electron chi connectivity index (χ1n) is 8.90. The molecule has 0 aliphatic carbocycles. The Labute approximate surface area is 174 Å². The number of rotatable bonds is 1. The van der Waals surface area contributed by atoms with Gasteiger partial charge in [0.15, 0.2) is 6.61 Å². The Hall–Kier alpha value is -3.03. The topological polar surface area (TPSA) is 89.0 Å². The van der Waals surface area contributed by atoms with Crippen LogP contribution in [0.15, 0.2) is 18.2 Å². The number of aromatic nitrogens is 1. The van der Waals surface area contributed by atoms with Crippen molar-refractivity contribution in [3.63, 3.8) is 0 Å². The summed E-state index contributed by atoms with van der Waals surface area (Å²) in [5.74, 6) is 0.833. The summed E-state index contributed by atoms with van der Waals surface area (Å²) in [4.78, 5) is 28.9. The number of esters is 1. The number of ether oxygens (including phenoxy) is 2. The van der Waals surface area contributed by atoms with E-state index in [4.69, 9.17) is 4.74 Å². The van der Waals surface area contributed by atoms with Gasteiger partial charge in [-0.05, 0) is 18.2 Å². The van der Waals surface area contributed by atoms with Crippen LogP contribution in [-0.4, -0.2) is 59.8 Å². The van der Waals surface area contributed by atoms with E-state index in [1.165, 1.54) is 23.1 Å². The first-order chi connectivity index (χ1) is 14.1. The zero-order valence-corrected chi connectivity index (χ0v) is 16.8. The van der Waals surface area contributed by atoms with Gasteiger partial charge in [-0.2, -0.15) is 8.78 Å². The molecule has 1 atom stereocenters. The third-order valence-corrected chi connectivity index (χ3v) is 6.03. The standard InChI is InChI=1S/C20H16F2N2O5S/c1-24-8-7-19(27,18(24)26)6-5-11-3-4-13-12(9-11)14-15(20(21,22)10-29-13)30-16(23-14)17(25)28-2/h3-4,9,27H,7-8,10H2,1-2H3/t19-/m0/s1. The molecule has 1 N–H and O–H groups in total. The zero-order chi connectivity index (χ0) is 21.7. The molecule has 30 heavy (non-hydrogen) atoms. The molecule has 2 aliphatic heterocycles. The molecular formula is C20H16F2N2O5S. The summed E-state index contributed by atoms with van der Waals surface area (Å²) >= 11 is 0.550. The SMILES string of the molecule is COC(=O)c1nc2c(s1)C(F)(F)COc1ccc(C#C[C@]3(O)CCN(C)C3=O)cc1-2. The molecule has 156 valence electrons. The normalized spacial score (nSPS) is 21.6. The van der Waals surface area contributed by atoms with E-state index in [1.807, 2.05) is 0 Å². The fourth-order valence-corrected chi connectivity index (χ4v) is 4.18. The van der Waals surface area contributed by atoms with Crippen LogP contribution < -0.4 is 4.74 Å². The van der Waals surface area contributed by atoms with Gasteiger partial charge < -0.3 is 19.5 Å².